The van der Waals surface area contributed by atoms with Crippen molar-refractivity contribution in [2.24, 2.45) is 5.41 Å². The van der Waals surface area contributed by atoms with Crippen LogP contribution in [0, 0.1) is 5.41 Å². The van der Waals surface area contributed by atoms with Crippen molar-refractivity contribution in [2.75, 3.05) is 11.9 Å². The van der Waals surface area contributed by atoms with Gasteiger partial charge in [-0.05, 0) is 29.8 Å². The molecule has 0 bridgehead atoms. The van der Waals surface area contributed by atoms with Gasteiger partial charge in [-0.2, -0.15) is 0 Å². The summed E-state index contributed by atoms with van der Waals surface area (Å²) in [7, 11) is 0. The van der Waals surface area contributed by atoms with Gasteiger partial charge in [0.1, 0.15) is 12.4 Å². The average molecular weight is 289 g/mol. The molecule has 100 valence electrons. The van der Waals surface area contributed by atoms with E-state index in [1.807, 2.05) is 20.8 Å². The minimum absolute atomic E-state index is 0.142. The van der Waals surface area contributed by atoms with Crippen molar-refractivity contribution in [1.29, 1.82) is 0 Å². The van der Waals surface area contributed by atoms with E-state index in [0.29, 0.717) is 10.8 Å². The molecule has 2 N–H and O–H groups in total. The number of nitrogens with zero attached hydrogens (tertiary/aromatic N) is 1. The van der Waals surface area contributed by atoms with Crippen molar-refractivity contribution in [3.8, 4) is 0 Å². The van der Waals surface area contributed by atoms with E-state index in [0.717, 1.165) is 0 Å². The molecule has 0 aliphatic rings. The highest BCUT2D eigenvalue weighted by molar-refractivity contribution is 7.80. The first-order chi connectivity index (χ1) is 8.29. The lowest BCUT2D eigenvalue weighted by molar-refractivity contribution is 0.0190. The summed E-state index contributed by atoms with van der Waals surface area (Å²) in [5.74, 6) is 0.551. The van der Waals surface area contributed by atoms with Crippen LogP contribution in [0.3, 0.4) is 0 Å². The first-order valence-electron chi connectivity index (χ1n) is 5.52. The van der Waals surface area contributed by atoms with Crippen LogP contribution < -0.4 is 5.32 Å². The molecule has 4 nitrogen and oxygen atoms in total. The van der Waals surface area contributed by atoms with Gasteiger partial charge in [-0.3, -0.25) is 0 Å². The van der Waals surface area contributed by atoms with E-state index in [-0.39, 0.29) is 17.2 Å². The van der Waals surface area contributed by atoms with E-state index < -0.39 is 6.10 Å². The van der Waals surface area contributed by atoms with Crippen molar-refractivity contribution in [3.05, 3.63) is 23.4 Å². The minimum atomic E-state index is -0.588. The van der Waals surface area contributed by atoms with Crippen molar-refractivity contribution < 1.29 is 9.84 Å². The summed E-state index contributed by atoms with van der Waals surface area (Å²) in [6.07, 6.45) is 0.923. The zero-order valence-corrected chi connectivity index (χ0v) is 12.2. The standard InChI is InChI=1S/C12H17ClN2O2S/c1-12(2,3)9(16)7-17-11(18)15-10-5-4-8(13)6-14-10/h4-6,9,16H,7H2,1-3H3,(H,14,15,18). The van der Waals surface area contributed by atoms with Crippen LogP contribution in [0.25, 0.3) is 0 Å². The molecule has 1 aromatic rings. The molecular weight excluding hydrogens is 272 g/mol. The number of nitrogens with one attached hydrogen (secondary N) is 1. The second-order valence-electron chi connectivity index (χ2n) is 4.97. The van der Waals surface area contributed by atoms with Crippen LogP contribution in [0.1, 0.15) is 20.8 Å². The fourth-order valence-electron chi connectivity index (χ4n) is 0.995. The second kappa shape index (κ2) is 6.31. The Balaban J connectivity index is 2.41. The topological polar surface area (TPSA) is 54.4 Å². The van der Waals surface area contributed by atoms with Crippen LogP contribution in [0.4, 0.5) is 5.82 Å². The Morgan fingerprint density at radius 1 is 1.56 bits per heavy atom. The summed E-state index contributed by atoms with van der Waals surface area (Å²) in [6, 6.07) is 3.39. The number of ether oxygens (including phenoxy) is 1. The molecule has 0 aromatic carbocycles. The van der Waals surface area contributed by atoms with Crippen molar-refractivity contribution in [2.45, 2.75) is 26.9 Å². The predicted molar refractivity (Wildman–Crippen MR) is 76.9 cm³/mol. The van der Waals surface area contributed by atoms with Gasteiger partial charge in [0.25, 0.3) is 5.17 Å². The maximum Gasteiger partial charge on any atom is 0.262 e. The minimum Gasteiger partial charge on any atom is -0.468 e. The monoisotopic (exact) mass is 288 g/mol. The van der Waals surface area contributed by atoms with Gasteiger partial charge in [-0.1, -0.05) is 32.4 Å². The van der Waals surface area contributed by atoms with Gasteiger partial charge in [-0.25, -0.2) is 4.98 Å². The number of hydrogen-bond acceptors (Lipinski definition) is 4. The van der Waals surface area contributed by atoms with Crippen molar-refractivity contribution >= 4 is 34.8 Å². The zero-order valence-electron chi connectivity index (χ0n) is 10.6. The average Bonchev–Trinajstić information content (AvgIpc) is 2.28. The van der Waals surface area contributed by atoms with E-state index in [1.54, 1.807) is 12.1 Å². The number of aromatic nitrogens is 1. The van der Waals surface area contributed by atoms with Crippen molar-refractivity contribution in [3.63, 3.8) is 0 Å². The quantitative estimate of drug-likeness (QED) is 0.838. The summed E-state index contributed by atoms with van der Waals surface area (Å²) in [4.78, 5) is 4.02. The molecule has 1 unspecified atom stereocenters. The molecule has 1 heterocycles. The lowest BCUT2D eigenvalue weighted by atomic mass is 9.90. The highest BCUT2D eigenvalue weighted by Gasteiger charge is 2.22. The second-order valence-corrected chi connectivity index (χ2v) is 5.77. The molecule has 1 aromatic heterocycles. The Kier molecular flexibility index (Phi) is 5.31. The maximum absolute atomic E-state index is 9.79. The third-order valence-electron chi connectivity index (χ3n) is 2.33. The summed E-state index contributed by atoms with van der Waals surface area (Å²) in [5, 5.41) is 13.3. The van der Waals surface area contributed by atoms with E-state index in [1.165, 1.54) is 6.20 Å². The zero-order chi connectivity index (χ0) is 13.8. The first kappa shape index (κ1) is 15.1. The largest absolute Gasteiger partial charge is 0.468 e. The molecule has 0 amide bonds. The highest BCUT2D eigenvalue weighted by Crippen LogP contribution is 2.19. The normalized spacial score (nSPS) is 12.9. The number of halogens is 1. The number of hydrogen-bond donors (Lipinski definition) is 2. The van der Waals surface area contributed by atoms with Gasteiger partial charge in [-0.15, -0.1) is 0 Å². The van der Waals surface area contributed by atoms with Crippen LogP contribution in [0.2, 0.25) is 5.02 Å². The Morgan fingerprint density at radius 3 is 2.72 bits per heavy atom. The summed E-state index contributed by atoms with van der Waals surface area (Å²) >= 11 is 10.7. The molecule has 1 rings (SSSR count). The molecule has 0 radical (unpaired) electrons. The molecule has 0 saturated carbocycles. The number of rotatable bonds is 3. The van der Waals surface area contributed by atoms with E-state index in [4.69, 9.17) is 28.6 Å². The van der Waals surface area contributed by atoms with Crippen molar-refractivity contribution in [1.82, 2.24) is 4.98 Å². The molecule has 0 fully saturated rings. The number of thiocarbonyl (C=S) groups is 1. The predicted octanol–water partition coefficient (Wildman–Crippen LogP) is 2.86. The highest BCUT2D eigenvalue weighted by atomic mass is 35.5. The van der Waals surface area contributed by atoms with Gasteiger partial charge in [0, 0.05) is 6.20 Å². The molecule has 0 saturated heterocycles. The van der Waals surface area contributed by atoms with E-state index in [9.17, 15) is 5.11 Å². The fraction of sp³-hybridized carbons (Fsp3) is 0.500. The van der Waals surface area contributed by atoms with Gasteiger partial charge in [0.2, 0.25) is 0 Å². The Bertz CT molecular complexity index is 404. The van der Waals surface area contributed by atoms with E-state index >= 15 is 0 Å². The number of aliphatic hydroxyl groups is 1. The molecule has 0 aliphatic carbocycles. The third kappa shape index (κ3) is 5.16. The Labute approximate surface area is 117 Å². The first-order valence-corrected chi connectivity index (χ1v) is 6.31. The summed E-state index contributed by atoms with van der Waals surface area (Å²) < 4.78 is 5.26. The molecule has 1 atom stereocenters. The molecular formula is C12H17ClN2O2S. The lowest BCUT2D eigenvalue weighted by Gasteiger charge is -2.25. The van der Waals surface area contributed by atoms with Gasteiger partial charge in [0.05, 0.1) is 11.1 Å². The Hall–Kier alpha value is -0.910. The smallest absolute Gasteiger partial charge is 0.262 e. The maximum atomic E-state index is 9.79. The van der Waals surface area contributed by atoms with Crippen LogP contribution >= 0.6 is 23.8 Å². The molecule has 6 heteroatoms. The number of pyridine rings is 1. The lowest BCUT2D eigenvalue weighted by Crippen LogP contribution is -2.32. The molecule has 0 aliphatic heterocycles. The van der Waals surface area contributed by atoms with E-state index in [2.05, 4.69) is 10.3 Å². The number of anilines is 1. The Morgan fingerprint density at radius 2 is 2.22 bits per heavy atom. The van der Waals surface area contributed by atoms with Gasteiger partial charge < -0.3 is 15.2 Å². The van der Waals surface area contributed by atoms with Gasteiger partial charge >= 0.3 is 0 Å². The SMILES string of the molecule is CC(C)(C)C(O)COC(=S)Nc1ccc(Cl)cn1. The van der Waals surface area contributed by atoms with Gasteiger partial charge in [0.15, 0.2) is 0 Å². The van der Waals surface area contributed by atoms with Crippen LogP contribution in [0.5, 0.6) is 0 Å². The van der Waals surface area contributed by atoms with Crippen LogP contribution in [-0.4, -0.2) is 28.0 Å². The molecule has 18 heavy (non-hydrogen) atoms. The van der Waals surface area contributed by atoms with Crippen LogP contribution in [-0.2, 0) is 4.74 Å². The number of aliphatic hydroxyl groups excluding tert-OH is 1. The third-order valence-corrected chi connectivity index (χ3v) is 2.77. The van der Waals surface area contributed by atoms with Crippen LogP contribution in [0.15, 0.2) is 18.3 Å². The summed E-state index contributed by atoms with van der Waals surface area (Å²) in [6.45, 7) is 5.93. The molecule has 0 spiro atoms. The fourth-order valence-corrected chi connectivity index (χ4v) is 1.28. The summed E-state index contributed by atoms with van der Waals surface area (Å²) in [5.41, 5.74) is -0.242.